The van der Waals surface area contributed by atoms with Crippen molar-refractivity contribution in [2.45, 2.75) is 19.9 Å². The number of rotatable bonds is 4. The second-order valence-corrected chi connectivity index (χ2v) is 4.16. The molecule has 0 heterocycles. The highest BCUT2D eigenvalue weighted by Gasteiger charge is 2.25. The van der Waals surface area contributed by atoms with Crippen LogP contribution in [0.5, 0.6) is 0 Å². The fraction of sp³-hybridized carbons (Fsp3) is 0.333. The summed E-state index contributed by atoms with van der Waals surface area (Å²) >= 11 is 0. The number of carbonyl (C=O) groups excluding carboxylic acids is 1. The fourth-order valence-corrected chi connectivity index (χ4v) is 1.40. The predicted octanol–water partition coefficient (Wildman–Crippen LogP) is 1.80. The molecule has 18 heavy (non-hydrogen) atoms. The minimum atomic E-state index is -1.23. The first kappa shape index (κ1) is 14.1. The standard InChI is InChI=1S/C12H13F2NO3/c1-6(2)10(12(17)18)15-11(16)8-5-7(13)3-4-9(8)14/h3-6,10H,1-2H3,(H,15,16)(H,17,18)/t10-/m0/s1. The highest BCUT2D eigenvalue weighted by atomic mass is 19.1. The van der Waals surface area contributed by atoms with Crippen LogP contribution in [0.1, 0.15) is 24.2 Å². The molecular formula is C12H13F2NO3. The van der Waals surface area contributed by atoms with E-state index in [-0.39, 0.29) is 5.92 Å². The van der Waals surface area contributed by atoms with E-state index in [1.54, 1.807) is 13.8 Å². The van der Waals surface area contributed by atoms with Crippen molar-refractivity contribution in [2.75, 3.05) is 0 Å². The number of hydrogen-bond donors (Lipinski definition) is 2. The van der Waals surface area contributed by atoms with Crippen LogP contribution in [0.2, 0.25) is 0 Å². The summed E-state index contributed by atoms with van der Waals surface area (Å²) in [6, 6.07) is 1.27. The Hall–Kier alpha value is -1.98. The van der Waals surface area contributed by atoms with Crippen molar-refractivity contribution in [3.8, 4) is 0 Å². The van der Waals surface area contributed by atoms with Gasteiger partial charge in [0.25, 0.3) is 5.91 Å². The number of halogens is 2. The molecule has 1 aromatic carbocycles. The summed E-state index contributed by atoms with van der Waals surface area (Å²) in [6.07, 6.45) is 0. The van der Waals surface area contributed by atoms with Gasteiger partial charge in [0, 0.05) is 0 Å². The van der Waals surface area contributed by atoms with E-state index in [4.69, 9.17) is 5.11 Å². The highest BCUT2D eigenvalue weighted by molar-refractivity contribution is 5.96. The van der Waals surface area contributed by atoms with Gasteiger partial charge in [0.15, 0.2) is 0 Å². The van der Waals surface area contributed by atoms with Crippen LogP contribution in [-0.2, 0) is 4.79 Å². The second-order valence-electron chi connectivity index (χ2n) is 4.16. The number of hydrogen-bond acceptors (Lipinski definition) is 2. The zero-order valence-corrected chi connectivity index (χ0v) is 9.91. The highest BCUT2D eigenvalue weighted by Crippen LogP contribution is 2.11. The lowest BCUT2D eigenvalue weighted by molar-refractivity contribution is -0.140. The Labute approximate surface area is 103 Å². The van der Waals surface area contributed by atoms with E-state index >= 15 is 0 Å². The van der Waals surface area contributed by atoms with E-state index in [2.05, 4.69) is 5.32 Å². The summed E-state index contributed by atoms with van der Waals surface area (Å²) in [5.41, 5.74) is -0.512. The Balaban J connectivity index is 2.94. The van der Waals surface area contributed by atoms with Crippen molar-refractivity contribution in [3.63, 3.8) is 0 Å². The molecule has 0 bridgehead atoms. The van der Waals surface area contributed by atoms with Gasteiger partial charge in [0.2, 0.25) is 0 Å². The van der Waals surface area contributed by atoms with E-state index in [0.717, 1.165) is 18.2 Å². The minimum absolute atomic E-state index is 0.372. The molecule has 98 valence electrons. The second kappa shape index (κ2) is 5.57. The lowest BCUT2D eigenvalue weighted by atomic mass is 10.0. The molecule has 0 aromatic heterocycles. The Morgan fingerprint density at radius 2 is 1.89 bits per heavy atom. The molecule has 1 aromatic rings. The molecule has 1 atom stereocenters. The Bertz CT molecular complexity index is 474. The number of amides is 1. The molecule has 0 fully saturated rings. The lowest BCUT2D eigenvalue weighted by Gasteiger charge is -2.18. The van der Waals surface area contributed by atoms with Crippen molar-refractivity contribution < 1.29 is 23.5 Å². The summed E-state index contributed by atoms with van der Waals surface area (Å²) in [7, 11) is 0. The Morgan fingerprint density at radius 3 is 2.39 bits per heavy atom. The molecule has 6 heteroatoms. The van der Waals surface area contributed by atoms with Gasteiger partial charge < -0.3 is 10.4 Å². The summed E-state index contributed by atoms with van der Waals surface area (Å²) < 4.78 is 26.2. The molecular weight excluding hydrogens is 244 g/mol. The van der Waals surface area contributed by atoms with Gasteiger partial charge >= 0.3 is 5.97 Å². The SMILES string of the molecule is CC(C)[C@H](NC(=O)c1cc(F)ccc1F)C(=O)O. The van der Waals surface area contributed by atoms with Gasteiger partial charge in [-0.05, 0) is 24.1 Å². The van der Waals surface area contributed by atoms with E-state index in [1.807, 2.05) is 0 Å². The summed E-state index contributed by atoms with van der Waals surface area (Å²) in [5.74, 6) is -4.22. The first-order valence-corrected chi connectivity index (χ1v) is 5.31. The maximum absolute atomic E-state index is 13.3. The van der Waals surface area contributed by atoms with E-state index < -0.39 is 35.1 Å². The molecule has 0 unspecified atom stereocenters. The molecule has 0 radical (unpaired) electrons. The molecule has 0 spiro atoms. The van der Waals surface area contributed by atoms with Crippen molar-refractivity contribution in [1.29, 1.82) is 0 Å². The van der Waals surface area contributed by atoms with Gasteiger partial charge in [-0.25, -0.2) is 13.6 Å². The molecule has 0 aliphatic carbocycles. The maximum Gasteiger partial charge on any atom is 0.326 e. The first-order valence-electron chi connectivity index (χ1n) is 5.31. The topological polar surface area (TPSA) is 66.4 Å². The fourth-order valence-electron chi connectivity index (χ4n) is 1.40. The van der Waals surface area contributed by atoms with Crippen LogP contribution in [0, 0.1) is 17.6 Å². The third-order valence-electron chi connectivity index (χ3n) is 2.39. The molecule has 1 rings (SSSR count). The van der Waals surface area contributed by atoms with Crippen LogP contribution < -0.4 is 5.32 Å². The van der Waals surface area contributed by atoms with Crippen LogP contribution >= 0.6 is 0 Å². The number of carbonyl (C=O) groups is 2. The molecule has 1 amide bonds. The van der Waals surface area contributed by atoms with Crippen LogP contribution in [0.15, 0.2) is 18.2 Å². The number of benzene rings is 1. The van der Waals surface area contributed by atoms with Crippen molar-refractivity contribution in [3.05, 3.63) is 35.4 Å². The summed E-state index contributed by atoms with van der Waals surface area (Å²) in [4.78, 5) is 22.5. The Kier molecular flexibility index (Phi) is 4.36. The van der Waals surface area contributed by atoms with Gasteiger partial charge in [-0.2, -0.15) is 0 Å². The van der Waals surface area contributed by atoms with Gasteiger partial charge in [-0.3, -0.25) is 4.79 Å². The van der Waals surface area contributed by atoms with Crippen LogP contribution in [0.4, 0.5) is 8.78 Å². The Morgan fingerprint density at radius 1 is 1.28 bits per heavy atom. The molecule has 0 saturated carbocycles. The zero-order valence-electron chi connectivity index (χ0n) is 9.91. The summed E-state index contributed by atoms with van der Waals surface area (Å²) in [5, 5.41) is 11.0. The third kappa shape index (κ3) is 3.26. The summed E-state index contributed by atoms with van der Waals surface area (Å²) in [6.45, 7) is 3.20. The minimum Gasteiger partial charge on any atom is -0.480 e. The lowest BCUT2D eigenvalue weighted by Crippen LogP contribution is -2.44. The molecule has 0 aliphatic rings. The normalized spacial score (nSPS) is 12.3. The van der Waals surface area contributed by atoms with Gasteiger partial charge in [0.05, 0.1) is 5.56 Å². The number of aliphatic carboxylic acids is 1. The van der Waals surface area contributed by atoms with E-state index in [9.17, 15) is 18.4 Å². The molecule has 0 saturated heterocycles. The van der Waals surface area contributed by atoms with Gasteiger partial charge in [-0.15, -0.1) is 0 Å². The average Bonchev–Trinajstić information content (AvgIpc) is 2.28. The predicted molar refractivity (Wildman–Crippen MR) is 60.1 cm³/mol. The smallest absolute Gasteiger partial charge is 0.326 e. The van der Waals surface area contributed by atoms with Crippen molar-refractivity contribution in [1.82, 2.24) is 5.32 Å². The largest absolute Gasteiger partial charge is 0.480 e. The molecule has 2 N–H and O–H groups in total. The average molecular weight is 257 g/mol. The molecule has 0 aliphatic heterocycles. The first-order chi connectivity index (χ1) is 8.32. The van der Waals surface area contributed by atoms with Crippen LogP contribution in [0.25, 0.3) is 0 Å². The zero-order chi connectivity index (χ0) is 13.9. The number of carboxylic acids is 1. The van der Waals surface area contributed by atoms with Crippen LogP contribution in [-0.4, -0.2) is 23.0 Å². The number of nitrogens with one attached hydrogen (secondary N) is 1. The van der Waals surface area contributed by atoms with E-state index in [0.29, 0.717) is 0 Å². The monoisotopic (exact) mass is 257 g/mol. The quantitative estimate of drug-likeness (QED) is 0.864. The number of carboxylic acid groups (broad SMARTS) is 1. The van der Waals surface area contributed by atoms with Gasteiger partial charge in [0.1, 0.15) is 17.7 Å². The third-order valence-corrected chi connectivity index (χ3v) is 2.39. The maximum atomic E-state index is 13.3. The van der Waals surface area contributed by atoms with Crippen LogP contribution in [0.3, 0.4) is 0 Å². The van der Waals surface area contributed by atoms with Crippen molar-refractivity contribution >= 4 is 11.9 Å². The van der Waals surface area contributed by atoms with Gasteiger partial charge in [-0.1, -0.05) is 13.8 Å². The van der Waals surface area contributed by atoms with Crippen molar-refractivity contribution in [2.24, 2.45) is 5.92 Å². The molecule has 4 nitrogen and oxygen atoms in total. The van der Waals surface area contributed by atoms with E-state index in [1.165, 1.54) is 0 Å².